The van der Waals surface area contributed by atoms with E-state index in [2.05, 4.69) is 11.1 Å². The predicted octanol–water partition coefficient (Wildman–Crippen LogP) is 3.47. The van der Waals surface area contributed by atoms with Gasteiger partial charge in [0, 0.05) is 22.3 Å². The molecular formula is C13H9ClN2. The summed E-state index contributed by atoms with van der Waals surface area (Å²) < 4.78 is 0. The summed E-state index contributed by atoms with van der Waals surface area (Å²) in [5.41, 5.74) is 2.61. The fourth-order valence-electron chi connectivity index (χ4n) is 1.44. The van der Waals surface area contributed by atoms with Gasteiger partial charge in [-0.05, 0) is 6.07 Å². The van der Waals surface area contributed by atoms with Crippen molar-refractivity contribution in [1.82, 2.24) is 4.98 Å². The van der Waals surface area contributed by atoms with Crippen LogP contribution in [-0.4, -0.2) is 4.98 Å². The normalized spacial score (nSPS) is 9.75. The van der Waals surface area contributed by atoms with Crippen molar-refractivity contribution in [2.75, 3.05) is 0 Å². The van der Waals surface area contributed by atoms with Gasteiger partial charge in [0.2, 0.25) is 0 Å². The molecule has 0 aliphatic carbocycles. The topological polar surface area (TPSA) is 36.7 Å². The van der Waals surface area contributed by atoms with Crippen molar-refractivity contribution in [1.29, 1.82) is 5.26 Å². The van der Waals surface area contributed by atoms with Crippen molar-refractivity contribution in [3.8, 4) is 17.3 Å². The van der Waals surface area contributed by atoms with Gasteiger partial charge in [-0.1, -0.05) is 41.9 Å². The molecule has 78 valence electrons. The predicted molar refractivity (Wildman–Crippen MR) is 64.0 cm³/mol. The Bertz CT molecular complexity index is 529. The third-order valence-corrected chi connectivity index (χ3v) is 2.62. The zero-order chi connectivity index (χ0) is 11.4. The van der Waals surface area contributed by atoms with Gasteiger partial charge in [0.25, 0.3) is 0 Å². The first-order valence-electron chi connectivity index (χ1n) is 4.88. The van der Waals surface area contributed by atoms with Crippen LogP contribution in [0.5, 0.6) is 0 Å². The van der Waals surface area contributed by atoms with Crippen LogP contribution < -0.4 is 0 Å². The Balaban J connectivity index is 2.39. The van der Waals surface area contributed by atoms with Crippen molar-refractivity contribution >= 4 is 11.6 Å². The van der Waals surface area contributed by atoms with Crippen LogP contribution in [0.4, 0.5) is 0 Å². The zero-order valence-corrected chi connectivity index (χ0v) is 9.28. The summed E-state index contributed by atoms with van der Waals surface area (Å²) in [4.78, 5) is 4.29. The first-order chi connectivity index (χ1) is 7.81. The second-order valence-electron chi connectivity index (χ2n) is 3.36. The molecule has 0 fully saturated rings. The maximum atomic E-state index is 8.59. The van der Waals surface area contributed by atoms with Gasteiger partial charge in [-0.15, -0.1) is 0 Å². The van der Waals surface area contributed by atoms with E-state index in [4.69, 9.17) is 16.9 Å². The first-order valence-corrected chi connectivity index (χ1v) is 5.26. The summed E-state index contributed by atoms with van der Waals surface area (Å²) in [5.74, 6) is 0. The maximum Gasteiger partial charge on any atom is 0.0717 e. The molecule has 1 heterocycles. The highest BCUT2D eigenvalue weighted by Crippen LogP contribution is 2.23. The van der Waals surface area contributed by atoms with Crippen LogP contribution in [-0.2, 0) is 6.42 Å². The van der Waals surface area contributed by atoms with Crippen LogP contribution in [0.2, 0.25) is 5.02 Å². The molecule has 0 amide bonds. The lowest BCUT2D eigenvalue weighted by molar-refractivity contribution is 1.19. The minimum atomic E-state index is 0.293. The Hall–Kier alpha value is -1.85. The van der Waals surface area contributed by atoms with Crippen molar-refractivity contribution in [2.45, 2.75) is 6.42 Å². The largest absolute Gasteiger partial charge is 0.256 e. The minimum Gasteiger partial charge on any atom is -0.256 e. The summed E-state index contributed by atoms with van der Waals surface area (Å²) >= 11 is 6.07. The number of nitriles is 1. The van der Waals surface area contributed by atoms with Crippen LogP contribution >= 0.6 is 11.6 Å². The summed E-state index contributed by atoms with van der Waals surface area (Å²) in [7, 11) is 0. The van der Waals surface area contributed by atoms with Crippen molar-refractivity contribution in [2.24, 2.45) is 0 Å². The lowest BCUT2D eigenvalue weighted by atomic mass is 10.1. The monoisotopic (exact) mass is 228 g/mol. The van der Waals surface area contributed by atoms with Crippen molar-refractivity contribution in [3.63, 3.8) is 0 Å². The van der Waals surface area contributed by atoms with Gasteiger partial charge in [-0.25, -0.2) is 0 Å². The molecule has 2 aromatic rings. The SMILES string of the molecule is N#CCc1cnc(-c2ccccc2)cc1Cl. The van der Waals surface area contributed by atoms with Gasteiger partial charge in [-0.3, -0.25) is 4.98 Å². The van der Waals surface area contributed by atoms with Gasteiger partial charge >= 0.3 is 0 Å². The standard InChI is InChI=1S/C13H9ClN2/c14-12-8-13(10-4-2-1-3-5-10)16-9-11(12)6-7-15/h1-5,8-9H,6H2. The molecule has 1 aromatic heterocycles. The third-order valence-electron chi connectivity index (χ3n) is 2.27. The molecule has 1 aromatic carbocycles. The van der Waals surface area contributed by atoms with Gasteiger partial charge in [0.15, 0.2) is 0 Å². The highest BCUT2D eigenvalue weighted by atomic mass is 35.5. The first kappa shape index (κ1) is 10.7. The van der Waals surface area contributed by atoms with Crippen molar-refractivity contribution in [3.05, 3.63) is 53.2 Å². The number of nitrogens with zero attached hydrogens (tertiary/aromatic N) is 2. The average Bonchev–Trinajstić information content (AvgIpc) is 2.33. The molecule has 3 heteroatoms. The number of aromatic nitrogens is 1. The van der Waals surface area contributed by atoms with Crippen LogP contribution in [0, 0.1) is 11.3 Å². The number of rotatable bonds is 2. The molecule has 0 atom stereocenters. The average molecular weight is 229 g/mol. The molecule has 0 unspecified atom stereocenters. The summed E-state index contributed by atoms with van der Waals surface area (Å²) in [6, 6.07) is 13.7. The van der Waals surface area contributed by atoms with E-state index in [9.17, 15) is 0 Å². The molecule has 16 heavy (non-hydrogen) atoms. The maximum absolute atomic E-state index is 8.59. The molecule has 0 N–H and O–H groups in total. The second kappa shape index (κ2) is 4.78. The molecule has 0 saturated heterocycles. The van der Waals surface area contributed by atoms with Gasteiger partial charge in [0.05, 0.1) is 18.2 Å². The van der Waals surface area contributed by atoms with E-state index in [0.717, 1.165) is 16.8 Å². The fourth-order valence-corrected chi connectivity index (χ4v) is 1.66. The lowest BCUT2D eigenvalue weighted by Gasteiger charge is -2.03. The molecule has 0 aliphatic rings. The van der Waals surface area contributed by atoms with E-state index in [1.165, 1.54) is 0 Å². The Labute approximate surface area is 99.1 Å². The highest BCUT2D eigenvalue weighted by Gasteiger charge is 2.04. The molecule has 2 nitrogen and oxygen atoms in total. The molecule has 2 rings (SSSR count). The minimum absolute atomic E-state index is 0.293. The van der Waals surface area contributed by atoms with Gasteiger partial charge < -0.3 is 0 Å². The van der Waals surface area contributed by atoms with Crippen LogP contribution in [0.25, 0.3) is 11.3 Å². The Morgan fingerprint density at radius 2 is 2.00 bits per heavy atom. The van der Waals surface area contributed by atoms with E-state index in [-0.39, 0.29) is 0 Å². The fraction of sp³-hybridized carbons (Fsp3) is 0.0769. The van der Waals surface area contributed by atoms with Gasteiger partial charge in [0.1, 0.15) is 0 Å². The van der Waals surface area contributed by atoms with E-state index in [0.29, 0.717) is 11.4 Å². The van der Waals surface area contributed by atoms with E-state index >= 15 is 0 Å². The number of pyridine rings is 1. The van der Waals surface area contributed by atoms with E-state index in [1.807, 2.05) is 30.3 Å². The summed E-state index contributed by atoms with van der Waals surface area (Å²) in [6.07, 6.45) is 1.95. The molecular weight excluding hydrogens is 220 g/mol. The second-order valence-corrected chi connectivity index (χ2v) is 3.77. The summed E-state index contributed by atoms with van der Waals surface area (Å²) in [6.45, 7) is 0. The molecule has 0 bridgehead atoms. The van der Waals surface area contributed by atoms with Gasteiger partial charge in [-0.2, -0.15) is 5.26 Å². The summed E-state index contributed by atoms with van der Waals surface area (Å²) in [5, 5.41) is 9.19. The van der Waals surface area contributed by atoms with Crippen LogP contribution in [0.3, 0.4) is 0 Å². The Morgan fingerprint density at radius 1 is 1.25 bits per heavy atom. The molecule has 0 aliphatic heterocycles. The Morgan fingerprint density at radius 3 is 2.62 bits per heavy atom. The number of hydrogen-bond acceptors (Lipinski definition) is 2. The van der Waals surface area contributed by atoms with Crippen LogP contribution in [0.1, 0.15) is 5.56 Å². The molecule has 0 radical (unpaired) electrons. The Kier molecular flexibility index (Phi) is 3.19. The van der Waals surface area contributed by atoms with E-state index in [1.54, 1.807) is 12.3 Å². The molecule has 0 saturated carbocycles. The number of benzene rings is 1. The number of hydrogen-bond donors (Lipinski definition) is 0. The highest BCUT2D eigenvalue weighted by molar-refractivity contribution is 6.31. The van der Waals surface area contributed by atoms with E-state index < -0.39 is 0 Å². The smallest absolute Gasteiger partial charge is 0.0717 e. The lowest BCUT2D eigenvalue weighted by Crippen LogP contribution is -1.89. The molecule has 0 spiro atoms. The number of halogens is 1. The van der Waals surface area contributed by atoms with Crippen molar-refractivity contribution < 1.29 is 0 Å². The van der Waals surface area contributed by atoms with Crippen LogP contribution in [0.15, 0.2) is 42.6 Å². The third kappa shape index (κ3) is 2.21. The quantitative estimate of drug-likeness (QED) is 0.789. The zero-order valence-electron chi connectivity index (χ0n) is 8.52.